The average Bonchev–Trinajstić information content (AvgIpc) is 2.99. The molecule has 0 saturated carbocycles. The number of likely N-dealkylation sites (tertiary alicyclic amines) is 1. The van der Waals surface area contributed by atoms with Crippen molar-refractivity contribution in [3.63, 3.8) is 0 Å². The summed E-state index contributed by atoms with van der Waals surface area (Å²) in [6.07, 6.45) is -2.46. The second kappa shape index (κ2) is 8.03. The van der Waals surface area contributed by atoms with Crippen molar-refractivity contribution in [3.8, 4) is 5.75 Å². The number of hydrogen-bond donors (Lipinski definition) is 1. The lowest BCUT2D eigenvalue weighted by molar-refractivity contribution is -0.274. The van der Waals surface area contributed by atoms with E-state index >= 15 is 0 Å². The zero-order valence-corrected chi connectivity index (χ0v) is 16.8. The number of carbonyl (C=O) groups excluding carboxylic acids is 1. The summed E-state index contributed by atoms with van der Waals surface area (Å²) in [5, 5.41) is 2.91. The topological polar surface area (TPSA) is 41.6 Å². The van der Waals surface area contributed by atoms with Crippen LogP contribution in [0.5, 0.6) is 5.75 Å². The van der Waals surface area contributed by atoms with Crippen molar-refractivity contribution in [2.75, 3.05) is 11.9 Å². The van der Waals surface area contributed by atoms with E-state index in [-0.39, 0.29) is 11.8 Å². The quantitative estimate of drug-likeness (QED) is 0.614. The number of hydrogen-bond acceptors (Lipinski definition) is 2. The lowest BCUT2D eigenvalue weighted by atomic mass is 9.90. The average molecular weight is 457 g/mol. The van der Waals surface area contributed by atoms with Gasteiger partial charge in [0.15, 0.2) is 0 Å². The predicted octanol–water partition coefficient (Wildman–Crippen LogP) is 5.98. The number of amides is 2. The second-order valence-corrected chi connectivity index (χ2v) is 7.97. The fourth-order valence-electron chi connectivity index (χ4n) is 3.53. The molecule has 1 fully saturated rings. The molecule has 0 bridgehead atoms. The van der Waals surface area contributed by atoms with E-state index in [9.17, 15) is 18.0 Å². The standard InChI is InChI=1S/C20H20BrF3N2O2/c1-19(13-14-3-9-17(10-4-14)28-20(22,23)24)11-2-12-26(19)18(27)25-16-7-5-15(21)6-8-16/h3-10H,2,11-13H2,1H3,(H,25,27). The third-order valence-electron chi connectivity index (χ3n) is 4.83. The highest BCUT2D eigenvalue weighted by atomic mass is 79.9. The van der Waals surface area contributed by atoms with Crippen LogP contribution in [0.2, 0.25) is 0 Å². The molecule has 4 nitrogen and oxygen atoms in total. The van der Waals surface area contributed by atoms with Gasteiger partial charge in [-0.1, -0.05) is 28.1 Å². The number of anilines is 1. The molecule has 1 N–H and O–H groups in total. The molecule has 2 aromatic rings. The molecule has 1 heterocycles. The van der Waals surface area contributed by atoms with Gasteiger partial charge >= 0.3 is 12.4 Å². The summed E-state index contributed by atoms with van der Waals surface area (Å²) in [6.45, 7) is 2.63. The number of nitrogens with one attached hydrogen (secondary N) is 1. The molecule has 0 aromatic heterocycles. The molecule has 28 heavy (non-hydrogen) atoms. The third kappa shape index (κ3) is 5.19. The Kier molecular flexibility index (Phi) is 5.88. The molecule has 0 radical (unpaired) electrons. The molecule has 1 saturated heterocycles. The van der Waals surface area contributed by atoms with Gasteiger partial charge in [-0.2, -0.15) is 0 Å². The molecule has 3 rings (SSSR count). The van der Waals surface area contributed by atoms with E-state index in [1.54, 1.807) is 17.0 Å². The maximum Gasteiger partial charge on any atom is 0.573 e. The van der Waals surface area contributed by atoms with Crippen LogP contribution in [0, 0.1) is 0 Å². The highest BCUT2D eigenvalue weighted by Crippen LogP contribution is 2.34. The van der Waals surface area contributed by atoms with Gasteiger partial charge in [0.25, 0.3) is 0 Å². The van der Waals surface area contributed by atoms with E-state index in [1.165, 1.54) is 12.1 Å². The predicted molar refractivity (Wildman–Crippen MR) is 104 cm³/mol. The van der Waals surface area contributed by atoms with E-state index in [0.29, 0.717) is 18.7 Å². The van der Waals surface area contributed by atoms with Gasteiger partial charge in [-0.05, 0) is 68.1 Å². The Morgan fingerprint density at radius 3 is 2.43 bits per heavy atom. The highest BCUT2D eigenvalue weighted by Gasteiger charge is 2.39. The van der Waals surface area contributed by atoms with E-state index in [0.717, 1.165) is 22.9 Å². The zero-order valence-electron chi connectivity index (χ0n) is 15.2. The molecular formula is C20H20BrF3N2O2. The lowest BCUT2D eigenvalue weighted by Gasteiger charge is -2.35. The van der Waals surface area contributed by atoms with Crippen LogP contribution < -0.4 is 10.1 Å². The van der Waals surface area contributed by atoms with Crippen molar-refractivity contribution in [1.82, 2.24) is 4.90 Å². The molecule has 1 atom stereocenters. The van der Waals surface area contributed by atoms with Crippen LogP contribution in [0.3, 0.4) is 0 Å². The molecule has 1 aliphatic rings. The van der Waals surface area contributed by atoms with Gasteiger partial charge in [-0.3, -0.25) is 0 Å². The summed E-state index contributed by atoms with van der Waals surface area (Å²) in [7, 11) is 0. The van der Waals surface area contributed by atoms with Gasteiger partial charge < -0.3 is 15.0 Å². The van der Waals surface area contributed by atoms with Gasteiger partial charge in [0.2, 0.25) is 0 Å². The van der Waals surface area contributed by atoms with Crippen LogP contribution in [0.15, 0.2) is 53.0 Å². The molecule has 2 amide bonds. The first-order chi connectivity index (χ1) is 13.1. The minimum atomic E-state index is -4.71. The molecule has 2 aromatic carbocycles. The van der Waals surface area contributed by atoms with Crippen molar-refractivity contribution in [1.29, 1.82) is 0 Å². The largest absolute Gasteiger partial charge is 0.573 e. The fourth-order valence-corrected chi connectivity index (χ4v) is 3.79. The smallest absolute Gasteiger partial charge is 0.406 e. The van der Waals surface area contributed by atoms with Crippen LogP contribution in [0.4, 0.5) is 23.7 Å². The first-order valence-electron chi connectivity index (χ1n) is 8.84. The number of halogens is 4. The van der Waals surface area contributed by atoms with E-state index in [4.69, 9.17) is 0 Å². The van der Waals surface area contributed by atoms with Crippen molar-refractivity contribution in [3.05, 3.63) is 58.6 Å². The van der Waals surface area contributed by atoms with Gasteiger partial charge in [0, 0.05) is 22.2 Å². The summed E-state index contributed by atoms with van der Waals surface area (Å²) in [5.74, 6) is -0.252. The lowest BCUT2D eigenvalue weighted by Crippen LogP contribution is -2.48. The number of carbonyl (C=O) groups is 1. The summed E-state index contributed by atoms with van der Waals surface area (Å²) in [6, 6.07) is 13.0. The SMILES string of the molecule is CC1(Cc2ccc(OC(F)(F)F)cc2)CCCN1C(=O)Nc1ccc(Br)cc1. The van der Waals surface area contributed by atoms with Gasteiger partial charge in [0.1, 0.15) is 5.75 Å². The van der Waals surface area contributed by atoms with Crippen molar-refractivity contribution in [2.45, 2.75) is 38.1 Å². The minimum absolute atomic E-state index is 0.181. The summed E-state index contributed by atoms with van der Waals surface area (Å²) in [4.78, 5) is 14.6. The third-order valence-corrected chi connectivity index (χ3v) is 5.36. The normalized spacial score (nSPS) is 19.5. The Hall–Kier alpha value is -2.22. The number of nitrogens with zero attached hydrogens (tertiary/aromatic N) is 1. The van der Waals surface area contributed by atoms with Crippen LogP contribution in [-0.4, -0.2) is 29.4 Å². The maximum absolute atomic E-state index is 12.8. The Morgan fingerprint density at radius 1 is 1.18 bits per heavy atom. The molecule has 1 aliphatic heterocycles. The second-order valence-electron chi connectivity index (χ2n) is 7.06. The van der Waals surface area contributed by atoms with Gasteiger partial charge in [0.05, 0.1) is 0 Å². The molecule has 8 heteroatoms. The first kappa shape index (κ1) is 20.5. The summed E-state index contributed by atoms with van der Waals surface area (Å²) < 4.78 is 41.7. The Bertz CT molecular complexity index is 825. The minimum Gasteiger partial charge on any atom is -0.406 e. The van der Waals surface area contributed by atoms with E-state index in [2.05, 4.69) is 26.0 Å². The molecule has 0 aliphatic carbocycles. The zero-order chi connectivity index (χ0) is 20.4. The Balaban J connectivity index is 1.68. The Labute approximate surface area is 169 Å². The maximum atomic E-state index is 12.8. The van der Waals surface area contributed by atoms with Crippen LogP contribution in [0.25, 0.3) is 0 Å². The fraction of sp³-hybridized carbons (Fsp3) is 0.350. The van der Waals surface area contributed by atoms with Crippen LogP contribution in [0.1, 0.15) is 25.3 Å². The number of ether oxygens (including phenoxy) is 1. The number of benzene rings is 2. The summed E-state index contributed by atoms with van der Waals surface area (Å²) in [5.41, 5.74) is 1.14. The molecular weight excluding hydrogens is 437 g/mol. The van der Waals surface area contributed by atoms with E-state index < -0.39 is 11.9 Å². The van der Waals surface area contributed by atoms with E-state index in [1.807, 2.05) is 31.2 Å². The van der Waals surface area contributed by atoms with Crippen molar-refractivity contribution >= 4 is 27.6 Å². The van der Waals surface area contributed by atoms with Crippen LogP contribution in [-0.2, 0) is 6.42 Å². The molecule has 0 spiro atoms. The van der Waals surface area contributed by atoms with Crippen molar-refractivity contribution in [2.24, 2.45) is 0 Å². The van der Waals surface area contributed by atoms with Gasteiger partial charge in [-0.25, -0.2) is 4.79 Å². The van der Waals surface area contributed by atoms with Gasteiger partial charge in [-0.15, -0.1) is 13.2 Å². The first-order valence-corrected chi connectivity index (χ1v) is 9.63. The number of urea groups is 1. The molecule has 1 unspecified atom stereocenters. The monoisotopic (exact) mass is 456 g/mol. The van der Waals surface area contributed by atoms with Crippen LogP contribution >= 0.6 is 15.9 Å². The number of rotatable bonds is 4. The Morgan fingerprint density at radius 2 is 1.82 bits per heavy atom. The summed E-state index contributed by atoms with van der Waals surface area (Å²) >= 11 is 3.36. The van der Waals surface area contributed by atoms with Crippen molar-refractivity contribution < 1.29 is 22.7 Å². The molecule has 150 valence electrons. The highest BCUT2D eigenvalue weighted by molar-refractivity contribution is 9.10. The number of alkyl halides is 3.